The lowest BCUT2D eigenvalue weighted by molar-refractivity contribution is -0.137. The number of nitrogens with one attached hydrogen (secondary N) is 1. The minimum atomic E-state index is -4.57. The number of anilines is 1. The number of carbonyl (C=O) groups excluding carboxylic acids is 1. The summed E-state index contributed by atoms with van der Waals surface area (Å²) in [5.74, 6) is -0.809. The average molecular weight is 556 g/mol. The van der Waals surface area contributed by atoms with Gasteiger partial charge in [0, 0.05) is 16.8 Å². The number of phenols is 1. The SMILES string of the molecule is O=C(CSc1nc2ccc(N=Cc3cc(Cl)cc(Cl)c3O)cc2s1)Nc1ccccc1C(F)(F)F. The van der Waals surface area contributed by atoms with E-state index in [-0.39, 0.29) is 22.2 Å². The van der Waals surface area contributed by atoms with E-state index in [4.69, 9.17) is 23.2 Å². The number of thioether (sulfide) groups is 1. The molecule has 4 aromatic rings. The van der Waals surface area contributed by atoms with Crippen molar-refractivity contribution in [2.75, 3.05) is 11.1 Å². The number of rotatable bonds is 6. The summed E-state index contributed by atoms with van der Waals surface area (Å²) in [6, 6.07) is 13.0. The number of para-hydroxylation sites is 1. The summed E-state index contributed by atoms with van der Waals surface area (Å²) in [5, 5.41) is 12.8. The summed E-state index contributed by atoms with van der Waals surface area (Å²) in [6.45, 7) is 0. The van der Waals surface area contributed by atoms with Gasteiger partial charge < -0.3 is 10.4 Å². The fraction of sp³-hybridized carbons (Fsp3) is 0.0870. The van der Waals surface area contributed by atoms with E-state index in [1.165, 1.54) is 47.9 Å². The molecular weight excluding hydrogens is 542 g/mol. The Bertz CT molecular complexity index is 1440. The highest BCUT2D eigenvalue weighted by molar-refractivity contribution is 8.01. The maximum atomic E-state index is 13.1. The first kappa shape index (κ1) is 25.3. The lowest BCUT2D eigenvalue weighted by Crippen LogP contribution is -2.18. The van der Waals surface area contributed by atoms with Crippen LogP contribution in [0.25, 0.3) is 10.2 Å². The number of thiazole rings is 1. The van der Waals surface area contributed by atoms with Crippen LogP contribution >= 0.6 is 46.3 Å². The molecule has 0 fully saturated rings. The Balaban J connectivity index is 1.43. The number of carbonyl (C=O) groups is 1. The van der Waals surface area contributed by atoms with E-state index in [1.54, 1.807) is 18.2 Å². The zero-order valence-electron chi connectivity index (χ0n) is 17.4. The minimum Gasteiger partial charge on any atom is -0.506 e. The number of hydrogen-bond donors (Lipinski definition) is 2. The third kappa shape index (κ3) is 6.26. The first-order valence-electron chi connectivity index (χ1n) is 9.82. The second-order valence-electron chi connectivity index (χ2n) is 7.10. The van der Waals surface area contributed by atoms with Gasteiger partial charge in [-0.1, -0.05) is 47.1 Å². The highest BCUT2D eigenvalue weighted by Crippen LogP contribution is 2.36. The van der Waals surface area contributed by atoms with Gasteiger partial charge in [-0.05, 0) is 42.5 Å². The lowest BCUT2D eigenvalue weighted by atomic mass is 10.1. The van der Waals surface area contributed by atoms with Crippen molar-refractivity contribution in [2.24, 2.45) is 4.99 Å². The van der Waals surface area contributed by atoms with E-state index in [1.807, 2.05) is 0 Å². The molecule has 35 heavy (non-hydrogen) atoms. The Hall–Kier alpha value is -2.79. The Morgan fingerprint density at radius 1 is 1.17 bits per heavy atom. The quantitative estimate of drug-likeness (QED) is 0.188. The van der Waals surface area contributed by atoms with Gasteiger partial charge in [0.15, 0.2) is 4.34 Å². The molecule has 1 amide bonds. The molecule has 0 atom stereocenters. The number of aromatic nitrogens is 1. The summed E-state index contributed by atoms with van der Waals surface area (Å²) in [5.41, 5.74) is 0.452. The number of nitrogens with zero attached hydrogens (tertiary/aromatic N) is 2. The fourth-order valence-electron chi connectivity index (χ4n) is 3.02. The molecule has 180 valence electrons. The molecule has 3 aromatic carbocycles. The van der Waals surface area contributed by atoms with Crippen LogP contribution in [0.5, 0.6) is 5.75 Å². The smallest absolute Gasteiger partial charge is 0.418 e. The number of aliphatic imine (C=N–C) groups is 1. The van der Waals surface area contributed by atoms with Gasteiger partial charge in [0.25, 0.3) is 0 Å². The Morgan fingerprint density at radius 2 is 1.94 bits per heavy atom. The van der Waals surface area contributed by atoms with Crippen LogP contribution in [0.3, 0.4) is 0 Å². The van der Waals surface area contributed by atoms with Crippen LogP contribution < -0.4 is 5.32 Å². The number of benzene rings is 3. The second-order valence-corrected chi connectivity index (χ2v) is 10.2. The minimum absolute atomic E-state index is 0.105. The van der Waals surface area contributed by atoms with Crippen molar-refractivity contribution in [2.45, 2.75) is 10.5 Å². The van der Waals surface area contributed by atoms with Crippen molar-refractivity contribution in [1.29, 1.82) is 0 Å². The topological polar surface area (TPSA) is 74.6 Å². The van der Waals surface area contributed by atoms with Gasteiger partial charge >= 0.3 is 6.18 Å². The number of hydrogen-bond acceptors (Lipinski definition) is 6. The first-order chi connectivity index (χ1) is 16.6. The number of phenolic OH excluding ortho intramolecular Hbond substituents is 1. The number of fused-ring (bicyclic) bond motifs is 1. The molecule has 4 rings (SSSR count). The van der Waals surface area contributed by atoms with Gasteiger partial charge in [-0.2, -0.15) is 13.2 Å². The fourth-order valence-corrected chi connectivity index (χ4v) is 5.43. The predicted octanol–water partition coefficient (Wildman–Crippen LogP) is 7.81. The van der Waals surface area contributed by atoms with Crippen molar-refractivity contribution in [3.8, 4) is 5.75 Å². The van der Waals surface area contributed by atoms with Gasteiger partial charge in [0.05, 0.1) is 37.9 Å². The molecule has 0 bridgehead atoms. The molecule has 12 heteroatoms. The highest BCUT2D eigenvalue weighted by Gasteiger charge is 2.33. The Morgan fingerprint density at radius 3 is 2.71 bits per heavy atom. The molecule has 0 aliphatic heterocycles. The molecular formula is C23H14Cl2F3N3O2S2. The van der Waals surface area contributed by atoms with E-state index >= 15 is 0 Å². The molecule has 0 radical (unpaired) electrons. The van der Waals surface area contributed by atoms with Crippen molar-refractivity contribution >= 4 is 80.0 Å². The van der Waals surface area contributed by atoms with Crippen molar-refractivity contribution < 1.29 is 23.1 Å². The van der Waals surface area contributed by atoms with Crippen LogP contribution in [0.4, 0.5) is 24.5 Å². The van der Waals surface area contributed by atoms with Crippen molar-refractivity contribution in [3.63, 3.8) is 0 Å². The summed E-state index contributed by atoms with van der Waals surface area (Å²) < 4.78 is 40.7. The van der Waals surface area contributed by atoms with E-state index in [9.17, 15) is 23.1 Å². The number of aromatic hydroxyl groups is 1. The second kappa shape index (κ2) is 10.4. The first-order valence-corrected chi connectivity index (χ1v) is 12.4. The van der Waals surface area contributed by atoms with Crippen LogP contribution in [-0.2, 0) is 11.0 Å². The van der Waals surface area contributed by atoms with Gasteiger partial charge in [0.2, 0.25) is 5.91 Å². The van der Waals surface area contributed by atoms with E-state index in [0.29, 0.717) is 26.1 Å². The zero-order valence-corrected chi connectivity index (χ0v) is 20.6. The maximum Gasteiger partial charge on any atom is 0.418 e. The largest absolute Gasteiger partial charge is 0.506 e. The number of alkyl halides is 3. The van der Waals surface area contributed by atoms with Crippen molar-refractivity contribution in [3.05, 3.63) is 75.8 Å². The summed E-state index contributed by atoms with van der Waals surface area (Å²) in [4.78, 5) is 21.0. The summed E-state index contributed by atoms with van der Waals surface area (Å²) in [6.07, 6.45) is -3.13. The third-order valence-corrected chi connectivity index (χ3v) is 7.26. The monoisotopic (exact) mass is 555 g/mol. The van der Waals surface area contributed by atoms with Crippen LogP contribution in [-0.4, -0.2) is 28.0 Å². The maximum absolute atomic E-state index is 13.1. The zero-order chi connectivity index (χ0) is 25.2. The van der Waals surface area contributed by atoms with Gasteiger partial charge in [0.1, 0.15) is 5.75 Å². The number of amides is 1. The summed E-state index contributed by atoms with van der Waals surface area (Å²) in [7, 11) is 0. The van der Waals surface area contributed by atoms with E-state index < -0.39 is 17.6 Å². The van der Waals surface area contributed by atoms with Gasteiger partial charge in [-0.3, -0.25) is 9.79 Å². The molecule has 0 aliphatic carbocycles. The molecule has 0 aliphatic rings. The molecule has 1 heterocycles. The third-order valence-electron chi connectivity index (χ3n) is 4.60. The van der Waals surface area contributed by atoms with E-state index in [0.717, 1.165) is 22.5 Å². The Labute approximate surface area is 215 Å². The molecule has 0 unspecified atom stereocenters. The van der Waals surface area contributed by atoms with Crippen LogP contribution in [0, 0.1) is 0 Å². The van der Waals surface area contributed by atoms with Gasteiger partial charge in [-0.25, -0.2) is 4.98 Å². The van der Waals surface area contributed by atoms with Crippen LogP contribution in [0.15, 0.2) is 63.9 Å². The molecule has 0 spiro atoms. The lowest BCUT2D eigenvalue weighted by Gasteiger charge is -2.13. The highest BCUT2D eigenvalue weighted by atomic mass is 35.5. The normalized spacial score (nSPS) is 11.9. The molecule has 1 aromatic heterocycles. The molecule has 2 N–H and O–H groups in total. The van der Waals surface area contributed by atoms with E-state index in [2.05, 4.69) is 15.3 Å². The molecule has 5 nitrogen and oxygen atoms in total. The summed E-state index contributed by atoms with van der Waals surface area (Å²) >= 11 is 14.3. The van der Waals surface area contributed by atoms with Crippen LogP contribution in [0.2, 0.25) is 10.0 Å². The predicted molar refractivity (Wildman–Crippen MR) is 136 cm³/mol. The molecule has 0 saturated heterocycles. The molecule has 0 saturated carbocycles. The van der Waals surface area contributed by atoms with Gasteiger partial charge in [-0.15, -0.1) is 11.3 Å². The van der Waals surface area contributed by atoms with Crippen molar-refractivity contribution in [1.82, 2.24) is 4.98 Å². The average Bonchev–Trinajstić information content (AvgIpc) is 3.21. The Kier molecular flexibility index (Phi) is 7.56. The number of halogens is 5. The standard InChI is InChI=1S/C23H14Cl2F3N3O2S2/c24-13-7-12(21(33)16(25)8-13)10-29-14-5-6-18-19(9-14)35-22(31-18)34-11-20(32)30-17-4-2-1-3-15(17)23(26,27)28/h1-10,33H,11H2,(H,30,32). The van der Waals surface area contributed by atoms with Crippen LogP contribution in [0.1, 0.15) is 11.1 Å².